The van der Waals surface area contributed by atoms with Crippen molar-refractivity contribution >= 4 is 13.1 Å². The van der Waals surface area contributed by atoms with Crippen LogP contribution in [0.15, 0.2) is 12.2 Å². The van der Waals surface area contributed by atoms with E-state index in [-0.39, 0.29) is 13.2 Å². The Morgan fingerprint density at radius 2 is 1.71 bits per heavy atom. The van der Waals surface area contributed by atoms with Crippen molar-refractivity contribution in [3.63, 3.8) is 0 Å². The van der Waals surface area contributed by atoms with Gasteiger partial charge in [0.2, 0.25) is 0 Å². The zero-order valence-corrected chi connectivity index (χ0v) is 9.75. The van der Waals surface area contributed by atoms with Gasteiger partial charge in [-0.2, -0.15) is 0 Å². The second-order valence-electron chi connectivity index (χ2n) is 2.48. The van der Waals surface area contributed by atoms with E-state index in [0.29, 0.717) is 6.42 Å². The Morgan fingerprint density at radius 1 is 1.21 bits per heavy atom. The smallest absolute Gasteiger partial charge is 0.303 e. The highest BCUT2D eigenvalue weighted by Crippen LogP contribution is 2.49. The highest BCUT2D eigenvalue weighted by molar-refractivity contribution is 7.72. The highest BCUT2D eigenvalue weighted by Gasteiger charge is 2.31. The summed E-state index contributed by atoms with van der Waals surface area (Å²) in [5.41, 5.74) is -0.581. The van der Waals surface area contributed by atoms with Crippen LogP contribution in [0, 0.1) is 0 Å². The van der Waals surface area contributed by atoms with Gasteiger partial charge >= 0.3 is 7.60 Å². The average molecular weight is 220 g/mol. The first kappa shape index (κ1) is 13.6. The first-order chi connectivity index (χ1) is 6.60. The summed E-state index contributed by atoms with van der Waals surface area (Å²) in [6, 6.07) is 0. The lowest BCUT2D eigenvalue weighted by atomic mass is 10.4. The van der Waals surface area contributed by atoms with Gasteiger partial charge in [-0.15, -0.1) is 0 Å². The molecule has 0 rings (SSSR count). The third-order valence-corrected chi connectivity index (χ3v) is 3.25. The molecule has 0 aromatic heterocycles. The van der Waals surface area contributed by atoms with Crippen molar-refractivity contribution in [3.05, 3.63) is 12.2 Å². The maximum atomic E-state index is 11.8. The van der Waals surface area contributed by atoms with Crippen molar-refractivity contribution in [2.45, 2.75) is 27.2 Å². The molecule has 0 heterocycles. The average Bonchev–Trinajstić information content (AvgIpc) is 2.15. The van der Waals surface area contributed by atoms with Gasteiger partial charge in [-0.25, -0.2) is 0 Å². The summed E-state index contributed by atoms with van der Waals surface area (Å²) in [6.45, 7) is 5.62. The molecular formula is C9H17O4P. The van der Waals surface area contributed by atoms with E-state index in [1.165, 1.54) is 6.08 Å². The van der Waals surface area contributed by atoms with E-state index in [1.54, 1.807) is 19.9 Å². The fraction of sp³-hybridized carbons (Fsp3) is 0.667. The van der Waals surface area contributed by atoms with Crippen LogP contribution in [-0.4, -0.2) is 18.7 Å². The summed E-state index contributed by atoms with van der Waals surface area (Å²) in [4.78, 5) is 11.4. The van der Waals surface area contributed by atoms with E-state index in [2.05, 4.69) is 0 Å². The molecule has 0 radical (unpaired) electrons. The van der Waals surface area contributed by atoms with Crippen molar-refractivity contribution in [2.24, 2.45) is 0 Å². The molecule has 0 aliphatic rings. The Bertz CT molecular complexity index is 237. The van der Waals surface area contributed by atoms with Crippen LogP contribution in [0.4, 0.5) is 0 Å². The van der Waals surface area contributed by atoms with Gasteiger partial charge in [-0.1, -0.05) is 13.0 Å². The molecule has 0 aromatic rings. The minimum Gasteiger partial charge on any atom is -0.303 e. The molecule has 0 bridgehead atoms. The van der Waals surface area contributed by atoms with Crippen LogP contribution in [0.5, 0.6) is 0 Å². The van der Waals surface area contributed by atoms with E-state index in [9.17, 15) is 9.36 Å². The summed E-state index contributed by atoms with van der Waals surface area (Å²) in [5.74, 6) is 0. The maximum absolute atomic E-state index is 11.8. The SMILES string of the molecule is CC/C=C/C(=O)P(=O)(OCC)OCC. The molecule has 0 aliphatic carbocycles. The van der Waals surface area contributed by atoms with E-state index < -0.39 is 13.1 Å². The predicted molar refractivity (Wildman–Crippen MR) is 55.3 cm³/mol. The monoisotopic (exact) mass is 220 g/mol. The topological polar surface area (TPSA) is 52.6 Å². The molecule has 0 amide bonds. The van der Waals surface area contributed by atoms with Crippen molar-refractivity contribution < 1.29 is 18.4 Å². The maximum Gasteiger partial charge on any atom is 0.400 e. The van der Waals surface area contributed by atoms with Crippen molar-refractivity contribution in [1.82, 2.24) is 0 Å². The van der Waals surface area contributed by atoms with Crippen LogP contribution in [0.1, 0.15) is 27.2 Å². The fourth-order valence-electron chi connectivity index (χ4n) is 0.814. The number of hydrogen-bond acceptors (Lipinski definition) is 4. The lowest BCUT2D eigenvalue weighted by Gasteiger charge is -2.13. The summed E-state index contributed by atoms with van der Waals surface area (Å²) in [5, 5.41) is 0. The Labute approximate surface area is 84.8 Å². The molecule has 14 heavy (non-hydrogen) atoms. The molecular weight excluding hydrogens is 203 g/mol. The summed E-state index contributed by atoms with van der Waals surface area (Å²) in [6.07, 6.45) is 3.60. The van der Waals surface area contributed by atoms with Crippen LogP contribution < -0.4 is 0 Å². The van der Waals surface area contributed by atoms with Crippen molar-refractivity contribution in [1.29, 1.82) is 0 Å². The lowest BCUT2D eigenvalue weighted by Crippen LogP contribution is -2.04. The second-order valence-corrected chi connectivity index (χ2v) is 4.43. The number of allylic oxidation sites excluding steroid dienone is 2. The van der Waals surface area contributed by atoms with Crippen molar-refractivity contribution in [3.8, 4) is 0 Å². The van der Waals surface area contributed by atoms with Gasteiger partial charge in [0.1, 0.15) is 0 Å². The van der Waals surface area contributed by atoms with E-state index in [4.69, 9.17) is 9.05 Å². The van der Waals surface area contributed by atoms with E-state index in [1.807, 2.05) is 6.92 Å². The number of carbonyl (C=O) groups is 1. The molecule has 0 atom stereocenters. The molecule has 82 valence electrons. The van der Waals surface area contributed by atoms with Gasteiger partial charge in [0.15, 0.2) is 0 Å². The van der Waals surface area contributed by atoms with Crippen molar-refractivity contribution in [2.75, 3.05) is 13.2 Å². The standard InChI is InChI=1S/C9H17O4P/c1-4-7-8-9(10)14(11,12-5-2)13-6-3/h7-8H,4-6H2,1-3H3/b8-7+. The van der Waals surface area contributed by atoms with Crippen LogP contribution in [0.3, 0.4) is 0 Å². The van der Waals surface area contributed by atoms with Gasteiger partial charge in [-0.3, -0.25) is 9.36 Å². The van der Waals surface area contributed by atoms with Gasteiger partial charge < -0.3 is 9.05 Å². The van der Waals surface area contributed by atoms with Crippen LogP contribution >= 0.6 is 7.60 Å². The summed E-state index contributed by atoms with van der Waals surface area (Å²) >= 11 is 0. The zero-order chi connectivity index (χ0) is 11.0. The van der Waals surface area contributed by atoms with Gasteiger partial charge in [0.05, 0.1) is 13.2 Å². The molecule has 5 heteroatoms. The normalized spacial score (nSPS) is 12.2. The van der Waals surface area contributed by atoms with Crippen LogP contribution in [0.25, 0.3) is 0 Å². The molecule has 0 aromatic carbocycles. The molecule has 0 saturated heterocycles. The second kappa shape index (κ2) is 6.93. The van der Waals surface area contributed by atoms with E-state index in [0.717, 1.165) is 0 Å². The number of hydrogen-bond donors (Lipinski definition) is 0. The highest BCUT2D eigenvalue weighted by atomic mass is 31.2. The predicted octanol–water partition coefficient (Wildman–Crippen LogP) is 2.75. The third kappa shape index (κ3) is 4.18. The number of carbonyl (C=O) groups excluding carboxylic acids is 1. The Hall–Kier alpha value is -0.440. The minimum absolute atomic E-state index is 0.197. The van der Waals surface area contributed by atoms with Crippen LogP contribution in [-0.2, 0) is 18.4 Å². The Kier molecular flexibility index (Phi) is 6.71. The van der Waals surface area contributed by atoms with Crippen LogP contribution in [0.2, 0.25) is 0 Å². The molecule has 0 saturated carbocycles. The molecule has 0 unspecified atom stereocenters. The molecule has 0 N–H and O–H groups in total. The lowest BCUT2D eigenvalue weighted by molar-refractivity contribution is -0.109. The molecule has 0 fully saturated rings. The largest absolute Gasteiger partial charge is 0.400 e. The molecule has 0 aliphatic heterocycles. The van der Waals surface area contributed by atoms with Gasteiger partial charge in [0.25, 0.3) is 5.52 Å². The summed E-state index contributed by atoms with van der Waals surface area (Å²) < 4.78 is 21.5. The van der Waals surface area contributed by atoms with E-state index >= 15 is 0 Å². The molecule has 0 spiro atoms. The zero-order valence-electron chi connectivity index (χ0n) is 8.86. The van der Waals surface area contributed by atoms with Gasteiger partial charge in [0, 0.05) is 0 Å². The Balaban J connectivity index is 4.55. The minimum atomic E-state index is -3.57. The fourth-order valence-corrected chi connectivity index (χ4v) is 2.11. The summed E-state index contributed by atoms with van der Waals surface area (Å²) in [7, 11) is -3.57. The third-order valence-electron chi connectivity index (χ3n) is 1.36. The molecule has 4 nitrogen and oxygen atoms in total. The van der Waals surface area contributed by atoms with Gasteiger partial charge in [-0.05, 0) is 26.3 Å². The quantitative estimate of drug-likeness (QED) is 0.489. The first-order valence-electron chi connectivity index (χ1n) is 4.70. The first-order valence-corrected chi connectivity index (χ1v) is 6.25. The Morgan fingerprint density at radius 3 is 2.07 bits per heavy atom. The number of rotatable bonds is 7.